The SMILES string of the molecule is COc1ccc(NC(=O)Oc2ccc(SC)c(C)c2)cc1. The molecule has 0 aromatic heterocycles. The second-order valence-electron chi connectivity index (χ2n) is 4.37. The van der Waals surface area contributed by atoms with Gasteiger partial charge in [-0.15, -0.1) is 11.8 Å². The third kappa shape index (κ3) is 4.16. The Morgan fingerprint density at radius 2 is 1.76 bits per heavy atom. The molecule has 0 unspecified atom stereocenters. The molecule has 0 aliphatic heterocycles. The first-order chi connectivity index (χ1) is 10.1. The molecule has 0 heterocycles. The number of methoxy groups -OCH3 is 1. The molecule has 2 aromatic rings. The highest BCUT2D eigenvalue weighted by atomic mass is 32.2. The summed E-state index contributed by atoms with van der Waals surface area (Å²) in [6.45, 7) is 1.99. The summed E-state index contributed by atoms with van der Waals surface area (Å²) < 4.78 is 10.3. The molecule has 4 nitrogen and oxygen atoms in total. The van der Waals surface area contributed by atoms with Crippen LogP contribution in [0.1, 0.15) is 5.56 Å². The average Bonchev–Trinajstić information content (AvgIpc) is 2.48. The molecule has 1 N–H and O–H groups in total. The molecule has 0 atom stereocenters. The van der Waals surface area contributed by atoms with Gasteiger partial charge in [0.15, 0.2) is 0 Å². The molecule has 0 aliphatic rings. The number of carbonyl (C=O) groups is 1. The molecule has 110 valence electrons. The number of rotatable bonds is 4. The molecule has 0 saturated carbocycles. The number of benzene rings is 2. The Morgan fingerprint density at radius 1 is 1.10 bits per heavy atom. The maximum absolute atomic E-state index is 11.8. The molecular weight excluding hydrogens is 286 g/mol. The highest BCUT2D eigenvalue weighted by Crippen LogP contribution is 2.24. The normalized spacial score (nSPS) is 10.0. The van der Waals surface area contributed by atoms with Gasteiger partial charge in [0.2, 0.25) is 0 Å². The smallest absolute Gasteiger partial charge is 0.417 e. The van der Waals surface area contributed by atoms with Crippen LogP contribution in [0.25, 0.3) is 0 Å². The van der Waals surface area contributed by atoms with E-state index in [2.05, 4.69) is 5.32 Å². The third-order valence-electron chi connectivity index (χ3n) is 2.91. The van der Waals surface area contributed by atoms with Crippen molar-refractivity contribution < 1.29 is 14.3 Å². The van der Waals surface area contributed by atoms with Crippen molar-refractivity contribution in [2.24, 2.45) is 0 Å². The van der Waals surface area contributed by atoms with Gasteiger partial charge in [-0.3, -0.25) is 5.32 Å². The lowest BCUT2D eigenvalue weighted by molar-refractivity contribution is 0.215. The van der Waals surface area contributed by atoms with Crippen molar-refractivity contribution in [1.82, 2.24) is 0 Å². The first-order valence-corrected chi connectivity index (χ1v) is 7.62. The minimum Gasteiger partial charge on any atom is -0.497 e. The quantitative estimate of drug-likeness (QED) is 0.854. The molecule has 0 bridgehead atoms. The summed E-state index contributed by atoms with van der Waals surface area (Å²) in [6, 6.07) is 12.6. The van der Waals surface area contributed by atoms with E-state index < -0.39 is 6.09 Å². The van der Waals surface area contributed by atoms with E-state index in [0.717, 1.165) is 16.2 Å². The van der Waals surface area contributed by atoms with E-state index in [0.29, 0.717) is 11.4 Å². The summed E-state index contributed by atoms with van der Waals surface area (Å²) in [7, 11) is 1.59. The van der Waals surface area contributed by atoms with Crippen LogP contribution in [-0.2, 0) is 0 Å². The van der Waals surface area contributed by atoms with E-state index in [1.165, 1.54) is 0 Å². The fraction of sp³-hybridized carbons (Fsp3) is 0.188. The fourth-order valence-corrected chi connectivity index (χ4v) is 2.42. The minimum atomic E-state index is -0.517. The molecule has 2 rings (SSSR count). The summed E-state index contributed by atoms with van der Waals surface area (Å²) >= 11 is 1.66. The van der Waals surface area contributed by atoms with Crippen molar-refractivity contribution in [3.05, 3.63) is 48.0 Å². The van der Waals surface area contributed by atoms with Crippen LogP contribution in [0, 0.1) is 6.92 Å². The second kappa shape index (κ2) is 7.04. The van der Waals surface area contributed by atoms with Crippen LogP contribution >= 0.6 is 11.8 Å². The van der Waals surface area contributed by atoms with Gasteiger partial charge in [-0.05, 0) is 61.2 Å². The van der Waals surface area contributed by atoms with E-state index >= 15 is 0 Å². The zero-order valence-electron chi connectivity index (χ0n) is 12.2. The van der Waals surface area contributed by atoms with Gasteiger partial charge in [-0.25, -0.2) is 4.79 Å². The van der Waals surface area contributed by atoms with E-state index in [9.17, 15) is 4.79 Å². The fourth-order valence-electron chi connectivity index (χ4n) is 1.84. The number of hydrogen-bond acceptors (Lipinski definition) is 4. The van der Waals surface area contributed by atoms with Crippen LogP contribution in [0.15, 0.2) is 47.4 Å². The zero-order chi connectivity index (χ0) is 15.2. The molecule has 2 aromatic carbocycles. The van der Waals surface area contributed by atoms with Crippen molar-refractivity contribution in [3.63, 3.8) is 0 Å². The van der Waals surface area contributed by atoms with E-state index in [1.807, 2.05) is 25.3 Å². The summed E-state index contributed by atoms with van der Waals surface area (Å²) in [5.41, 5.74) is 1.73. The van der Waals surface area contributed by atoms with Gasteiger partial charge in [-0.2, -0.15) is 0 Å². The molecule has 1 amide bonds. The number of amides is 1. The first-order valence-electron chi connectivity index (χ1n) is 6.40. The minimum absolute atomic E-state index is 0.517. The largest absolute Gasteiger partial charge is 0.497 e. The van der Waals surface area contributed by atoms with Crippen LogP contribution < -0.4 is 14.8 Å². The number of ether oxygens (including phenoxy) is 2. The molecule has 0 radical (unpaired) electrons. The zero-order valence-corrected chi connectivity index (χ0v) is 13.0. The number of hydrogen-bond donors (Lipinski definition) is 1. The van der Waals surface area contributed by atoms with Gasteiger partial charge >= 0.3 is 6.09 Å². The van der Waals surface area contributed by atoms with E-state index in [1.54, 1.807) is 49.2 Å². The standard InChI is InChI=1S/C16H17NO3S/c1-11-10-14(8-9-15(11)21-3)20-16(18)17-12-4-6-13(19-2)7-5-12/h4-10H,1-3H3,(H,17,18). The maximum atomic E-state index is 11.8. The van der Waals surface area contributed by atoms with Crippen molar-refractivity contribution in [2.45, 2.75) is 11.8 Å². The van der Waals surface area contributed by atoms with Crippen LogP contribution in [0.2, 0.25) is 0 Å². The number of nitrogens with one attached hydrogen (secondary N) is 1. The van der Waals surface area contributed by atoms with Crippen molar-refractivity contribution in [2.75, 3.05) is 18.7 Å². The number of anilines is 1. The Labute approximate surface area is 128 Å². The summed E-state index contributed by atoms with van der Waals surface area (Å²) in [5, 5.41) is 2.67. The molecule has 0 spiro atoms. The molecule has 0 aliphatic carbocycles. The summed E-state index contributed by atoms with van der Waals surface area (Å²) in [4.78, 5) is 13.0. The van der Waals surface area contributed by atoms with Crippen LogP contribution in [0.3, 0.4) is 0 Å². The van der Waals surface area contributed by atoms with Gasteiger partial charge < -0.3 is 9.47 Å². The third-order valence-corrected chi connectivity index (χ3v) is 3.81. The van der Waals surface area contributed by atoms with Gasteiger partial charge in [0.25, 0.3) is 0 Å². The molecule has 5 heteroatoms. The summed E-state index contributed by atoms with van der Waals surface area (Å²) in [6.07, 6.45) is 1.50. The lowest BCUT2D eigenvalue weighted by Gasteiger charge is -2.09. The molecule has 0 saturated heterocycles. The van der Waals surface area contributed by atoms with Gasteiger partial charge in [0.05, 0.1) is 7.11 Å². The van der Waals surface area contributed by atoms with Gasteiger partial charge in [0, 0.05) is 10.6 Å². The van der Waals surface area contributed by atoms with Crippen molar-refractivity contribution in [1.29, 1.82) is 0 Å². The van der Waals surface area contributed by atoms with Crippen molar-refractivity contribution >= 4 is 23.5 Å². The molecule has 21 heavy (non-hydrogen) atoms. The number of carbonyl (C=O) groups excluding carboxylic acids is 1. The molecule has 0 fully saturated rings. The Morgan fingerprint density at radius 3 is 2.33 bits per heavy atom. The lowest BCUT2D eigenvalue weighted by atomic mass is 10.2. The maximum Gasteiger partial charge on any atom is 0.417 e. The highest BCUT2D eigenvalue weighted by Gasteiger charge is 2.07. The molecular formula is C16H17NO3S. The topological polar surface area (TPSA) is 47.6 Å². The lowest BCUT2D eigenvalue weighted by Crippen LogP contribution is -2.16. The second-order valence-corrected chi connectivity index (χ2v) is 5.22. The Bertz CT molecular complexity index is 626. The first kappa shape index (κ1) is 15.3. The monoisotopic (exact) mass is 303 g/mol. The van der Waals surface area contributed by atoms with Crippen LogP contribution in [-0.4, -0.2) is 19.5 Å². The van der Waals surface area contributed by atoms with E-state index in [-0.39, 0.29) is 0 Å². The summed E-state index contributed by atoms with van der Waals surface area (Å²) in [5.74, 6) is 1.26. The highest BCUT2D eigenvalue weighted by molar-refractivity contribution is 7.98. The Hall–Kier alpha value is -2.14. The average molecular weight is 303 g/mol. The Balaban J connectivity index is 1.99. The van der Waals surface area contributed by atoms with Gasteiger partial charge in [-0.1, -0.05) is 0 Å². The number of thioether (sulfide) groups is 1. The van der Waals surface area contributed by atoms with E-state index in [4.69, 9.17) is 9.47 Å². The Kier molecular flexibility index (Phi) is 5.11. The predicted octanol–water partition coefficient (Wildman–Crippen LogP) is 4.34. The predicted molar refractivity (Wildman–Crippen MR) is 85.6 cm³/mol. The van der Waals surface area contributed by atoms with Gasteiger partial charge in [0.1, 0.15) is 11.5 Å². The van der Waals surface area contributed by atoms with Crippen LogP contribution in [0.5, 0.6) is 11.5 Å². The van der Waals surface area contributed by atoms with Crippen molar-refractivity contribution in [3.8, 4) is 11.5 Å². The number of aryl methyl sites for hydroxylation is 1. The van der Waals surface area contributed by atoms with Crippen LogP contribution in [0.4, 0.5) is 10.5 Å².